The largest absolute Gasteiger partial charge is 0.330 e. The standard InChI is InChI=1S/C17H27FN2/c1-13(11-14-7-3-5-9-16(14)18)20(2)17-10-6-4-8-15(17)12-19/h3,5,7,9,13,15,17H,4,6,8,10-12,19H2,1-2H3. The Hall–Kier alpha value is -0.930. The van der Waals surface area contributed by atoms with Crippen molar-refractivity contribution in [1.82, 2.24) is 4.90 Å². The highest BCUT2D eigenvalue weighted by Gasteiger charge is 2.29. The zero-order valence-corrected chi connectivity index (χ0v) is 12.7. The number of halogens is 1. The van der Waals surface area contributed by atoms with Crippen molar-refractivity contribution >= 4 is 0 Å². The minimum atomic E-state index is -0.0910. The van der Waals surface area contributed by atoms with E-state index in [0.29, 0.717) is 18.0 Å². The van der Waals surface area contributed by atoms with Crippen molar-refractivity contribution in [3.63, 3.8) is 0 Å². The minimum absolute atomic E-state index is 0.0910. The molecule has 0 heterocycles. The van der Waals surface area contributed by atoms with Gasteiger partial charge in [-0.1, -0.05) is 31.0 Å². The van der Waals surface area contributed by atoms with Crippen LogP contribution in [0.1, 0.15) is 38.2 Å². The molecule has 20 heavy (non-hydrogen) atoms. The first-order valence-corrected chi connectivity index (χ1v) is 7.79. The summed E-state index contributed by atoms with van der Waals surface area (Å²) in [6.45, 7) is 2.95. The van der Waals surface area contributed by atoms with Gasteiger partial charge in [-0.05, 0) is 57.3 Å². The summed E-state index contributed by atoms with van der Waals surface area (Å²) in [5.74, 6) is 0.503. The molecular weight excluding hydrogens is 251 g/mol. The van der Waals surface area contributed by atoms with Gasteiger partial charge in [0.2, 0.25) is 0 Å². The zero-order chi connectivity index (χ0) is 14.5. The van der Waals surface area contributed by atoms with E-state index in [4.69, 9.17) is 5.73 Å². The van der Waals surface area contributed by atoms with Crippen LogP contribution >= 0.6 is 0 Å². The molecule has 0 saturated heterocycles. The van der Waals surface area contributed by atoms with E-state index in [1.54, 1.807) is 12.1 Å². The third kappa shape index (κ3) is 3.58. The molecule has 3 unspecified atom stereocenters. The first-order valence-electron chi connectivity index (χ1n) is 7.79. The first-order chi connectivity index (χ1) is 9.63. The molecule has 1 aromatic rings. The van der Waals surface area contributed by atoms with E-state index in [-0.39, 0.29) is 5.82 Å². The van der Waals surface area contributed by atoms with Gasteiger partial charge in [0, 0.05) is 12.1 Å². The van der Waals surface area contributed by atoms with Crippen molar-refractivity contribution in [3.05, 3.63) is 35.6 Å². The summed E-state index contributed by atoms with van der Waals surface area (Å²) in [5.41, 5.74) is 6.73. The molecule has 2 rings (SSSR count). The summed E-state index contributed by atoms with van der Waals surface area (Å²) in [5, 5.41) is 0. The summed E-state index contributed by atoms with van der Waals surface area (Å²) in [7, 11) is 2.17. The lowest BCUT2D eigenvalue weighted by Gasteiger charge is -2.40. The second-order valence-corrected chi connectivity index (χ2v) is 6.16. The number of benzene rings is 1. The van der Waals surface area contributed by atoms with Crippen LogP contribution in [0.3, 0.4) is 0 Å². The average molecular weight is 278 g/mol. The Morgan fingerprint density at radius 1 is 1.30 bits per heavy atom. The van der Waals surface area contributed by atoms with Gasteiger partial charge in [0.05, 0.1) is 0 Å². The Kier molecular flexibility index (Phi) is 5.55. The molecule has 0 radical (unpaired) electrons. The monoisotopic (exact) mass is 278 g/mol. The van der Waals surface area contributed by atoms with Crippen LogP contribution in [0.5, 0.6) is 0 Å². The molecule has 2 N–H and O–H groups in total. The fraction of sp³-hybridized carbons (Fsp3) is 0.647. The maximum atomic E-state index is 13.8. The molecule has 0 aliphatic heterocycles. The average Bonchev–Trinajstić information content (AvgIpc) is 2.48. The third-order valence-electron chi connectivity index (χ3n) is 4.86. The zero-order valence-electron chi connectivity index (χ0n) is 12.7. The molecule has 1 saturated carbocycles. The topological polar surface area (TPSA) is 29.3 Å². The first kappa shape index (κ1) is 15.5. The van der Waals surface area contributed by atoms with Crippen LogP contribution in [-0.2, 0) is 6.42 Å². The molecule has 0 aromatic heterocycles. The van der Waals surface area contributed by atoms with Crippen LogP contribution in [0, 0.1) is 11.7 Å². The molecule has 1 aliphatic rings. The number of hydrogen-bond donors (Lipinski definition) is 1. The van der Waals surface area contributed by atoms with Crippen LogP contribution in [0.4, 0.5) is 4.39 Å². The SMILES string of the molecule is CC(Cc1ccccc1F)N(C)C1CCCCC1CN. The highest BCUT2D eigenvalue weighted by molar-refractivity contribution is 5.18. The van der Waals surface area contributed by atoms with E-state index < -0.39 is 0 Å². The molecule has 2 nitrogen and oxygen atoms in total. The Balaban J connectivity index is 2.00. The van der Waals surface area contributed by atoms with Gasteiger partial charge in [0.25, 0.3) is 0 Å². The molecule has 0 amide bonds. The fourth-order valence-corrected chi connectivity index (χ4v) is 3.45. The Morgan fingerprint density at radius 2 is 2.00 bits per heavy atom. The van der Waals surface area contributed by atoms with Crippen molar-refractivity contribution in [2.24, 2.45) is 11.7 Å². The van der Waals surface area contributed by atoms with Gasteiger partial charge in [-0.15, -0.1) is 0 Å². The predicted molar refractivity (Wildman–Crippen MR) is 82.1 cm³/mol. The van der Waals surface area contributed by atoms with Crippen molar-refractivity contribution in [2.75, 3.05) is 13.6 Å². The lowest BCUT2D eigenvalue weighted by molar-refractivity contribution is 0.0984. The van der Waals surface area contributed by atoms with E-state index in [0.717, 1.165) is 18.5 Å². The molecule has 1 fully saturated rings. The molecule has 0 bridgehead atoms. The number of likely N-dealkylation sites (N-methyl/N-ethyl adjacent to an activating group) is 1. The van der Waals surface area contributed by atoms with Crippen molar-refractivity contribution < 1.29 is 4.39 Å². The summed E-state index contributed by atoms with van der Waals surface area (Å²) >= 11 is 0. The molecular formula is C17H27FN2. The molecule has 1 aliphatic carbocycles. The van der Waals surface area contributed by atoms with E-state index in [9.17, 15) is 4.39 Å². The van der Waals surface area contributed by atoms with Crippen molar-refractivity contribution in [2.45, 2.75) is 51.1 Å². The number of nitrogens with two attached hydrogens (primary N) is 1. The van der Waals surface area contributed by atoms with Crippen LogP contribution in [0.2, 0.25) is 0 Å². The summed E-state index contributed by atoms with van der Waals surface area (Å²) < 4.78 is 13.8. The highest BCUT2D eigenvalue weighted by Crippen LogP contribution is 2.28. The maximum Gasteiger partial charge on any atom is 0.126 e. The van der Waals surface area contributed by atoms with E-state index in [1.807, 2.05) is 12.1 Å². The quantitative estimate of drug-likeness (QED) is 0.896. The van der Waals surface area contributed by atoms with E-state index >= 15 is 0 Å². The van der Waals surface area contributed by atoms with E-state index in [1.165, 1.54) is 25.7 Å². The molecule has 3 heteroatoms. The van der Waals surface area contributed by atoms with Crippen LogP contribution in [0.15, 0.2) is 24.3 Å². The lowest BCUT2D eigenvalue weighted by Crippen LogP contribution is -2.47. The third-order valence-corrected chi connectivity index (χ3v) is 4.86. The summed E-state index contributed by atoms with van der Waals surface area (Å²) in [4.78, 5) is 2.42. The fourth-order valence-electron chi connectivity index (χ4n) is 3.45. The lowest BCUT2D eigenvalue weighted by atomic mass is 9.83. The Labute approximate surface area is 122 Å². The van der Waals surface area contributed by atoms with Crippen molar-refractivity contribution in [1.29, 1.82) is 0 Å². The van der Waals surface area contributed by atoms with Gasteiger partial charge >= 0.3 is 0 Å². The normalized spacial score (nSPS) is 24.9. The molecule has 3 atom stereocenters. The van der Waals surface area contributed by atoms with Gasteiger partial charge in [-0.2, -0.15) is 0 Å². The van der Waals surface area contributed by atoms with Gasteiger partial charge in [-0.25, -0.2) is 4.39 Å². The number of rotatable bonds is 5. The van der Waals surface area contributed by atoms with Gasteiger partial charge in [-0.3, -0.25) is 0 Å². The predicted octanol–water partition coefficient (Wildman–Crippen LogP) is 3.21. The van der Waals surface area contributed by atoms with Gasteiger partial charge < -0.3 is 10.6 Å². The van der Waals surface area contributed by atoms with E-state index in [2.05, 4.69) is 18.9 Å². The summed E-state index contributed by atoms with van der Waals surface area (Å²) in [6.07, 6.45) is 5.81. The maximum absolute atomic E-state index is 13.8. The van der Waals surface area contributed by atoms with Gasteiger partial charge in [0.1, 0.15) is 5.82 Å². The van der Waals surface area contributed by atoms with Crippen LogP contribution < -0.4 is 5.73 Å². The molecule has 1 aromatic carbocycles. The van der Waals surface area contributed by atoms with Crippen molar-refractivity contribution in [3.8, 4) is 0 Å². The Bertz CT molecular complexity index is 421. The molecule has 0 spiro atoms. The van der Waals surface area contributed by atoms with Gasteiger partial charge in [0.15, 0.2) is 0 Å². The van der Waals surface area contributed by atoms with Crippen LogP contribution in [-0.4, -0.2) is 30.6 Å². The van der Waals surface area contributed by atoms with Crippen LogP contribution in [0.25, 0.3) is 0 Å². The number of hydrogen-bond acceptors (Lipinski definition) is 2. The highest BCUT2D eigenvalue weighted by atomic mass is 19.1. The smallest absolute Gasteiger partial charge is 0.126 e. The molecule has 112 valence electrons. The minimum Gasteiger partial charge on any atom is -0.330 e. The number of nitrogens with zero attached hydrogens (tertiary/aromatic N) is 1. The second kappa shape index (κ2) is 7.19. The summed E-state index contributed by atoms with van der Waals surface area (Å²) in [6, 6.07) is 7.99. The second-order valence-electron chi connectivity index (χ2n) is 6.16. The Morgan fingerprint density at radius 3 is 2.70 bits per heavy atom.